The number of piperidine rings is 1. The van der Waals surface area contributed by atoms with Crippen LogP contribution in [0.2, 0.25) is 0 Å². The molecule has 0 aromatic heterocycles. The number of nitrogens with one attached hydrogen (secondary N) is 1. The molecule has 18 heavy (non-hydrogen) atoms. The van der Waals surface area contributed by atoms with Gasteiger partial charge in [-0.1, -0.05) is 19.8 Å². The zero-order chi connectivity index (χ0) is 13.0. The molecular weight excluding hydrogens is 226 g/mol. The third kappa shape index (κ3) is 2.79. The Kier molecular flexibility index (Phi) is 4.49. The maximum atomic E-state index is 12.3. The Balaban J connectivity index is 1.98. The fourth-order valence-corrected chi connectivity index (χ4v) is 3.34. The third-order valence-corrected chi connectivity index (χ3v) is 4.82. The van der Waals surface area contributed by atoms with Crippen molar-refractivity contribution in [2.45, 2.75) is 57.4 Å². The highest BCUT2D eigenvalue weighted by Crippen LogP contribution is 2.33. The number of nitrogens with zero attached hydrogens (tertiary/aromatic N) is 1. The van der Waals surface area contributed by atoms with E-state index in [2.05, 4.69) is 12.2 Å². The van der Waals surface area contributed by atoms with Gasteiger partial charge in [-0.15, -0.1) is 0 Å². The van der Waals surface area contributed by atoms with E-state index < -0.39 is 0 Å². The minimum atomic E-state index is -0.160. The maximum absolute atomic E-state index is 12.3. The zero-order valence-electron chi connectivity index (χ0n) is 11.6. The van der Waals surface area contributed by atoms with Gasteiger partial charge in [0.05, 0.1) is 5.54 Å². The van der Waals surface area contributed by atoms with Gasteiger partial charge in [0.2, 0.25) is 0 Å². The second kappa shape index (κ2) is 5.91. The highest BCUT2D eigenvalue weighted by Gasteiger charge is 2.39. The van der Waals surface area contributed by atoms with Crippen molar-refractivity contribution in [2.24, 2.45) is 11.7 Å². The normalized spacial score (nSPS) is 33.2. The summed E-state index contributed by atoms with van der Waals surface area (Å²) in [5.74, 6) is 0.491. The van der Waals surface area contributed by atoms with Crippen molar-refractivity contribution in [3.8, 4) is 0 Å². The Morgan fingerprint density at radius 2 is 2.00 bits per heavy atom. The predicted molar refractivity (Wildman–Crippen MR) is 73.4 cm³/mol. The summed E-state index contributed by atoms with van der Waals surface area (Å²) >= 11 is 0. The molecule has 0 bridgehead atoms. The molecule has 4 heteroatoms. The number of nitrogens with two attached hydrogens (primary N) is 1. The average Bonchev–Trinajstić information content (AvgIpc) is 2.42. The van der Waals surface area contributed by atoms with Crippen molar-refractivity contribution in [2.75, 3.05) is 19.6 Å². The summed E-state index contributed by atoms with van der Waals surface area (Å²) in [4.78, 5) is 14.3. The van der Waals surface area contributed by atoms with Gasteiger partial charge in [0.15, 0.2) is 0 Å². The van der Waals surface area contributed by atoms with E-state index in [1.807, 2.05) is 4.90 Å². The molecule has 2 aliphatic rings. The van der Waals surface area contributed by atoms with Crippen LogP contribution in [0.25, 0.3) is 0 Å². The van der Waals surface area contributed by atoms with Crippen molar-refractivity contribution < 1.29 is 4.79 Å². The molecular formula is C14H27N3O. The highest BCUT2D eigenvalue weighted by atomic mass is 16.2. The van der Waals surface area contributed by atoms with Crippen LogP contribution in [-0.2, 0) is 0 Å². The first-order valence-electron chi connectivity index (χ1n) is 7.45. The van der Waals surface area contributed by atoms with E-state index in [0.717, 1.165) is 32.4 Å². The molecule has 1 saturated heterocycles. The van der Waals surface area contributed by atoms with Crippen LogP contribution >= 0.6 is 0 Å². The van der Waals surface area contributed by atoms with Gasteiger partial charge in [-0.25, -0.2) is 4.79 Å². The summed E-state index contributed by atoms with van der Waals surface area (Å²) in [5.41, 5.74) is 5.81. The molecule has 2 atom stereocenters. The predicted octanol–water partition coefficient (Wildman–Crippen LogP) is 2.09. The lowest BCUT2D eigenvalue weighted by molar-refractivity contribution is 0.135. The first-order chi connectivity index (χ1) is 8.68. The van der Waals surface area contributed by atoms with E-state index >= 15 is 0 Å². The Labute approximate surface area is 110 Å². The first kappa shape index (κ1) is 13.7. The van der Waals surface area contributed by atoms with Crippen LogP contribution in [0.5, 0.6) is 0 Å². The van der Waals surface area contributed by atoms with Gasteiger partial charge < -0.3 is 16.0 Å². The topological polar surface area (TPSA) is 58.4 Å². The number of carbonyl (C=O) groups excluding carboxylic acids is 1. The van der Waals surface area contributed by atoms with Crippen molar-refractivity contribution in [3.05, 3.63) is 0 Å². The Hall–Kier alpha value is -0.770. The minimum Gasteiger partial charge on any atom is -0.331 e. The molecule has 1 saturated carbocycles. The molecule has 0 spiro atoms. The maximum Gasteiger partial charge on any atom is 0.317 e. The molecule has 1 aliphatic heterocycles. The second-order valence-corrected chi connectivity index (χ2v) is 5.98. The molecule has 104 valence electrons. The number of rotatable bonds is 2. The van der Waals surface area contributed by atoms with Crippen molar-refractivity contribution in [1.82, 2.24) is 10.2 Å². The average molecular weight is 253 g/mol. The Morgan fingerprint density at radius 1 is 1.28 bits per heavy atom. The van der Waals surface area contributed by atoms with Crippen molar-refractivity contribution in [1.29, 1.82) is 0 Å². The molecule has 1 heterocycles. The van der Waals surface area contributed by atoms with Gasteiger partial charge in [-0.05, 0) is 38.0 Å². The molecule has 4 nitrogen and oxygen atoms in total. The second-order valence-electron chi connectivity index (χ2n) is 5.98. The van der Waals surface area contributed by atoms with Crippen LogP contribution in [0.4, 0.5) is 4.79 Å². The van der Waals surface area contributed by atoms with E-state index in [1.54, 1.807) is 0 Å². The molecule has 3 N–H and O–H groups in total. The zero-order valence-corrected chi connectivity index (χ0v) is 11.6. The molecule has 0 radical (unpaired) electrons. The van der Waals surface area contributed by atoms with Crippen LogP contribution in [0.3, 0.4) is 0 Å². The van der Waals surface area contributed by atoms with Gasteiger partial charge in [0, 0.05) is 19.6 Å². The lowest BCUT2D eigenvalue weighted by atomic mass is 9.73. The standard InChI is InChI=1S/C14H27N3O/c1-12-7-3-4-8-14(12,11-15)16-13(18)17-9-5-2-6-10-17/h12H,2-11,15H2,1H3,(H,16,18). The van der Waals surface area contributed by atoms with E-state index in [4.69, 9.17) is 5.73 Å². The first-order valence-corrected chi connectivity index (χ1v) is 7.45. The van der Waals surface area contributed by atoms with Crippen molar-refractivity contribution >= 4 is 6.03 Å². The number of hydrogen-bond donors (Lipinski definition) is 2. The Bertz CT molecular complexity index is 289. The lowest BCUT2D eigenvalue weighted by Crippen LogP contribution is -2.62. The highest BCUT2D eigenvalue weighted by molar-refractivity contribution is 5.75. The molecule has 0 aromatic rings. The third-order valence-electron chi connectivity index (χ3n) is 4.82. The quantitative estimate of drug-likeness (QED) is 0.791. The summed E-state index contributed by atoms with van der Waals surface area (Å²) in [7, 11) is 0. The number of likely N-dealkylation sites (tertiary alicyclic amines) is 1. The van der Waals surface area contributed by atoms with Gasteiger partial charge in [0.25, 0.3) is 0 Å². The summed E-state index contributed by atoms with van der Waals surface area (Å²) in [6, 6.07) is 0.105. The summed E-state index contributed by atoms with van der Waals surface area (Å²) < 4.78 is 0. The van der Waals surface area contributed by atoms with E-state index in [0.29, 0.717) is 12.5 Å². The number of amides is 2. The Morgan fingerprint density at radius 3 is 2.61 bits per heavy atom. The fourth-order valence-electron chi connectivity index (χ4n) is 3.34. The summed E-state index contributed by atoms with van der Waals surface area (Å²) in [6.07, 6.45) is 8.19. The van der Waals surface area contributed by atoms with Crippen molar-refractivity contribution in [3.63, 3.8) is 0 Å². The van der Waals surface area contributed by atoms with Gasteiger partial charge in [0.1, 0.15) is 0 Å². The van der Waals surface area contributed by atoms with E-state index in [1.165, 1.54) is 25.7 Å². The van der Waals surface area contributed by atoms with E-state index in [-0.39, 0.29) is 11.6 Å². The lowest BCUT2D eigenvalue weighted by Gasteiger charge is -2.44. The van der Waals surface area contributed by atoms with Crippen LogP contribution in [-0.4, -0.2) is 36.1 Å². The smallest absolute Gasteiger partial charge is 0.317 e. The van der Waals surface area contributed by atoms with Crippen LogP contribution in [0.1, 0.15) is 51.9 Å². The van der Waals surface area contributed by atoms with E-state index in [9.17, 15) is 4.79 Å². The van der Waals surface area contributed by atoms with Crippen LogP contribution < -0.4 is 11.1 Å². The molecule has 2 unspecified atom stereocenters. The number of hydrogen-bond acceptors (Lipinski definition) is 2. The molecule has 0 aromatic carbocycles. The minimum absolute atomic E-state index is 0.105. The largest absolute Gasteiger partial charge is 0.331 e. The molecule has 2 fully saturated rings. The molecule has 1 aliphatic carbocycles. The van der Waals surface area contributed by atoms with Gasteiger partial charge in [-0.2, -0.15) is 0 Å². The van der Waals surface area contributed by atoms with Gasteiger partial charge >= 0.3 is 6.03 Å². The number of carbonyl (C=O) groups is 1. The summed E-state index contributed by atoms with van der Waals surface area (Å²) in [5, 5.41) is 3.26. The number of urea groups is 1. The van der Waals surface area contributed by atoms with Crippen LogP contribution in [0.15, 0.2) is 0 Å². The van der Waals surface area contributed by atoms with Gasteiger partial charge in [-0.3, -0.25) is 0 Å². The van der Waals surface area contributed by atoms with Crippen LogP contribution in [0, 0.1) is 5.92 Å². The fraction of sp³-hybridized carbons (Fsp3) is 0.929. The summed E-state index contributed by atoms with van der Waals surface area (Å²) in [6.45, 7) is 4.60. The monoisotopic (exact) mass is 253 g/mol. The SMILES string of the molecule is CC1CCCCC1(CN)NC(=O)N1CCCCC1. The molecule has 2 rings (SSSR count). The molecule has 2 amide bonds.